The largest absolute Gasteiger partial charge is 0.396 e. The number of hydrogen-bond donors (Lipinski definition) is 2. The van der Waals surface area contributed by atoms with Crippen molar-refractivity contribution in [2.45, 2.75) is 26.3 Å². The van der Waals surface area contributed by atoms with Gasteiger partial charge < -0.3 is 10.4 Å². The topological polar surface area (TPSA) is 32.3 Å². The van der Waals surface area contributed by atoms with Crippen LogP contribution >= 0.6 is 0 Å². The molecule has 0 spiro atoms. The van der Waals surface area contributed by atoms with E-state index in [-0.39, 0.29) is 6.61 Å². The highest BCUT2D eigenvalue weighted by atomic mass is 16.2. The molecule has 0 aliphatic carbocycles. The van der Waals surface area contributed by atoms with Gasteiger partial charge in [0, 0.05) is 12.3 Å². The van der Waals surface area contributed by atoms with Gasteiger partial charge in [-0.15, -0.1) is 0 Å². The summed E-state index contributed by atoms with van der Waals surface area (Å²) < 4.78 is 0. The summed E-state index contributed by atoms with van der Waals surface area (Å²) in [6, 6.07) is 19.2. The summed E-state index contributed by atoms with van der Waals surface area (Å²) in [6.45, 7) is 4.65. The predicted octanol–water partition coefficient (Wildman–Crippen LogP) is 4.03. The van der Waals surface area contributed by atoms with Crippen molar-refractivity contribution in [2.75, 3.05) is 11.9 Å². The molecule has 0 saturated heterocycles. The molecule has 0 fully saturated rings. The second-order valence-electron chi connectivity index (χ2n) is 5.45. The quantitative estimate of drug-likeness (QED) is 0.830. The highest BCUT2D eigenvalue weighted by Crippen LogP contribution is 2.26. The summed E-state index contributed by atoms with van der Waals surface area (Å²) >= 11 is 0. The zero-order valence-corrected chi connectivity index (χ0v) is 12.2. The number of hydrogen-bond acceptors (Lipinski definition) is 2. The highest BCUT2D eigenvalue weighted by molar-refractivity contribution is 5.47. The Kier molecular flexibility index (Phi) is 5.19. The van der Waals surface area contributed by atoms with E-state index in [4.69, 9.17) is 5.11 Å². The molecule has 2 aromatic carbocycles. The lowest BCUT2D eigenvalue weighted by atomic mass is 9.95. The standard InChI is InChI=1S/C18H23NO/c1-14(2)18(16-6-4-3-5-7-16)19-17-10-8-15(9-11-17)12-13-20/h3-11,14,18-20H,12-13H2,1-2H3. The van der Waals surface area contributed by atoms with Crippen LogP contribution in [0, 0.1) is 5.92 Å². The van der Waals surface area contributed by atoms with Crippen LogP contribution in [0.15, 0.2) is 54.6 Å². The SMILES string of the molecule is CC(C)C(Nc1ccc(CCO)cc1)c1ccccc1. The van der Waals surface area contributed by atoms with Crippen molar-refractivity contribution in [3.05, 3.63) is 65.7 Å². The van der Waals surface area contributed by atoms with Gasteiger partial charge in [0.05, 0.1) is 6.04 Å². The summed E-state index contributed by atoms with van der Waals surface area (Å²) in [5.41, 5.74) is 3.59. The molecule has 0 radical (unpaired) electrons. The molecule has 2 N–H and O–H groups in total. The maximum atomic E-state index is 8.94. The third kappa shape index (κ3) is 3.84. The average Bonchev–Trinajstić information content (AvgIpc) is 2.47. The number of aliphatic hydroxyl groups excluding tert-OH is 1. The molecule has 2 heteroatoms. The maximum Gasteiger partial charge on any atom is 0.0536 e. The van der Waals surface area contributed by atoms with Crippen molar-refractivity contribution in [3.63, 3.8) is 0 Å². The Hall–Kier alpha value is -1.80. The molecule has 1 atom stereocenters. The second-order valence-corrected chi connectivity index (χ2v) is 5.45. The summed E-state index contributed by atoms with van der Waals surface area (Å²) in [7, 11) is 0. The summed E-state index contributed by atoms with van der Waals surface area (Å²) in [6.07, 6.45) is 0.715. The van der Waals surface area contributed by atoms with E-state index in [1.165, 1.54) is 11.1 Å². The van der Waals surface area contributed by atoms with Crippen molar-refractivity contribution in [1.82, 2.24) is 0 Å². The number of benzene rings is 2. The van der Waals surface area contributed by atoms with Gasteiger partial charge in [-0.3, -0.25) is 0 Å². The Morgan fingerprint density at radius 3 is 2.15 bits per heavy atom. The molecule has 0 aliphatic rings. The van der Waals surface area contributed by atoms with Gasteiger partial charge in [0.2, 0.25) is 0 Å². The van der Waals surface area contributed by atoms with Crippen molar-refractivity contribution in [2.24, 2.45) is 5.92 Å². The van der Waals surface area contributed by atoms with E-state index in [2.05, 4.69) is 67.7 Å². The lowest BCUT2D eigenvalue weighted by Crippen LogP contribution is -2.16. The number of aliphatic hydroxyl groups is 1. The van der Waals surface area contributed by atoms with Crippen LogP contribution in [-0.2, 0) is 6.42 Å². The smallest absolute Gasteiger partial charge is 0.0536 e. The van der Waals surface area contributed by atoms with Crippen LogP contribution in [0.5, 0.6) is 0 Å². The van der Waals surface area contributed by atoms with Crippen LogP contribution in [0.1, 0.15) is 31.0 Å². The normalized spacial score (nSPS) is 12.4. The Bertz CT molecular complexity index is 505. The second kappa shape index (κ2) is 7.11. The molecule has 0 aliphatic heterocycles. The fourth-order valence-corrected chi connectivity index (χ4v) is 2.37. The Balaban J connectivity index is 2.12. The molecular weight excluding hydrogens is 246 g/mol. The van der Waals surface area contributed by atoms with Gasteiger partial charge in [-0.1, -0.05) is 56.3 Å². The Morgan fingerprint density at radius 1 is 0.950 bits per heavy atom. The first-order chi connectivity index (χ1) is 9.70. The van der Waals surface area contributed by atoms with Crippen LogP contribution in [0.25, 0.3) is 0 Å². The van der Waals surface area contributed by atoms with E-state index in [1.54, 1.807) is 0 Å². The first-order valence-electron chi connectivity index (χ1n) is 7.22. The molecule has 0 aromatic heterocycles. The number of anilines is 1. The monoisotopic (exact) mass is 269 g/mol. The van der Waals surface area contributed by atoms with Crippen LogP contribution in [0.4, 0.5) is 5.69 Å². The van der Waals surface area contributed by atoms with Gasteiger partial charge in [-0.05, 0) is 35.6 Å². The van der Waals surface area contributed by atoms with E-state index in [1.807, 2.05) is 6.07 Å². The fraction of sp³-hybridized carbons (Fsp3) is 0.333. The molecule has 0 heterocycles. The molecular formula is C18H23NO. The van der Waals surface area contributed by atoms with Crippen molar-refractivity contribution >= 4 is 5.69 Å². The third-order valence-corrected chi connectivity index (χ3v) is 3.50. The Labute approximate surface area is 121 Å². The van der Waals surface area contributed by atoms with Gasteiger partial charge >= 0.3 is 0 Å². The lowest BCUT2D eigenvalue weighted by Gasteiger charge is -2.24. The molecule has 0 saturated carbocycles. The van der Waals surface area contributed by atoms with Gasteiger partial charge in [0.25, 0.3) is 0 Å². The highest BCUT2D eigenvalue weighted by Gasteiger charge is 2.15. The fourth-order valence-electron chi connectivity index (χ4n) is 2.37. The van der Waals surface area contributed by atoms with Crippen molar-refractivity contribution in [3.8, 4) is 0 Å². The van der Waals surface area contributed by atoms with Gasteiger partial charge in [0.1, 0.15) is 0 Å². The minimum absolute atomic E-state index is 0.200. The van der Waals surface area contributed by atoms with Crippen LogP contribution in [-0.4, -0.2) is 11.7 Å². The van der Waals surface area contributed by atoms with Crippen LogP contribution in [0.2, 0.25) is 0 Å². The molecule has 2 aromatic rings. The van der Waals surface area contributed by atoms with Crippen LogP contribution in [0.3, 0.4) is 0 Å². The van der Waals surface area contributed by atoms with Gasteiger partial charge in [-0.2, -0.15) is 0 Å². The van der Waals surface area contributed by atoms with Crippen molar-refractivity contribution < 1.29 is 5.11 Å². The summed E-state index contributed by atoms with van der Waals surface area (Å²) in [4.78, 5) is 0. The van der Waals surface area contributed by atoms with E-state index >= 15 is 0 Å². The average molecular weight is 269 g/mol. The lowest BCUT2D eigenvalue weighted by molar-refractivity contribution is 0.299. The van der Waals surface area contributed by atoms with Gasteiger partial charge in [-0.25, -0.2) is 0 Å². The number of rotatable bonds is 6. The van der Waals surface area contributed by atoms with E-state index in [0.717, 1.165) is 5.69 Å². The van der Waals surface area contributed by atoms with E-state index < -0.39 is 0 Å². The molecule has 106 valence electrons. The first-order valence-corrected chi connectivity index (χ1v) is 7.22. The molecule has 20 heavy (non-hydrogen) atoms. The van der Waals surface area contributed by atoms with Crippen LogP contribution < -0.4 is 5.32 Å². The number of nitrogens with one attached hydrogen (secondary N) is 1. The third-order valence-electron chi connectivity index (χ3n) is 3.50. The molecule has 0 amide bonds. The zero-order valence-electron chi connectivity index (χ0n) is 12.2. The zero-order chi connectivity index (χ0) is 14.4. The van der Waals surface area contributed by atoms with Gasteiger partial charge in [0.15, 0.2) is 0 Å². The predicted molar refractivity (Wildman–Crippen MR) is 84.9 cm³/mol. The molecule has 2 rings (SSSR count). The molecule has 0 bridgehead atoms. The Morgan fingerprint density at radius 2 is 1.60 bits per heavy atom. The summed E-state index contributed by atoms with van der Waals surface area (Å²) in [5, 5.41) is 12.5. The minimum Gasteiger partial charge on any atom is -0.396 e. The molecule has 1 unspecified atom stereocenters. The summed E-state index contributed by atoms with van der Waals surface area (Å²) in [5.74, 6) is 0.509. The maximum absolute atomic E-state index is 8.94. The first kappa shape index (κ1) is 14.6. The van der Waals surface area contributed by atoms with Crippen molar-refractivity contribution in [1.29, 1.82) is 0 Å². The van der Waals surface area contributed by atoms with E-state index in [9.17, 15) is 0 Å². The van der Waals surface area contributed by atoms with E-state index in [0.29, 0.717) is 18.4 Å². The molecule has 2 nitrogen and oxygen atoms in total. The minimum atomic E-state index is 0.200.